The average molecular weight is 418 g/mol. The Morgan fingerprint density at radius 3 is 2.65 bits per heavy atom. The third-order valence-corrected chi connectivity index (χ3v) is 5.79. The van der Waals surface area contributed by atoms with Gasteiger partial charge in [-0.3, -0.25) is 9.88 Å². The van der Waals surface area contributed by atoms with E-state index in [1.54, 1.807) is 13.3 Å². The number of rotatable bonds is 10. The van der Waals surface area contributed by atoms with Crippen molar-refractivity contribution in [2.45, 2.75) is 32.0 Å². The number of pyridine rings is 1. The van der Waals surface area contributed by atoms with E-state index in [0.717, 1.165) is 48.9 Å². The number of nitrogens with zero attached hydrogens (tertiary/aromatic N) is 2. The lowest BCUT2D eigenvalue weighted by atomic mass is 10.0. The first-order valence-electron chi connectivity index (χ1n) is 11.0. The van der Waals surface area contributed by atoms with Crippen molar-refractivity contribution in [3.63, 3.8) is 0 Å². The van der Waals surface area contributed by atoms with Gasteiger partial charge in [-0.1, -0.05) is 36.4 Å². The molecule has 4 rings (SSSR count). The van der Waals surface area contributed by atoms with Crippen LogP contribution < -0.4 is 14.8 Å². The van der Waals surface area contributed by atoms with Gasteiger partial charge in [0, 0.05) is 30.9 Å². The smallest absolute Gasteiger partial charge is 0.130 e. The molecule has 1 fully saturated rings. The molecule has 0 amide bonds. The quantitative estimate of drug-likeness (QED) is 0.523. The molecule has 5 heteroatoms. The summed E-state index contributed by atoms with van der Waals surface area (Å²) in [5, 5.41) is 3.68. The molecule has 0 saturated carbocycles. The number of aromatic nitrogens is 1. The SMILES string of the molecule is COc1cccc(C(CNCc2ccccc2OCc2ccccn2)N2CCCC2)c1. The monoisotopic (exact) mass is 417 g/mol. The van der Waals surface area contributed by atoms with Crippen molar-refractivity contribution < 1.29 is 9.47 Å². The summed E-state index contributed by atoms with van der Waals surface area (Å²) in [6.07, 6.45) is 4.33. The Hall–Kier alpha value is -2.89. The van der Waals surface area contributed by atoms with E-state index in [1.165, 1.54) is 18.4 Å². The summed E-state index contributed by atoms with van der Waals surface area (Å²) in [4.78, 5) is 6.92. The highest BCUT2D eigenvalue weighted by atomic mass is 16.5. The summed E-state index contributed by atoms with van der Waals surface area (Å²) in [7, 11) is 1.73. The molecule has 1 saturated heterocycles. The first kappa shape index (κ1) is 21.3. The Balaban J connectivity index is 1.40. The van der Waals surface area contributed by atoms with Crippen LogP contribution in [0.5, 0.6) is 11.5 Å². The average Bonchev–Trinajstić information content (AvgIpc) is 3.36. The predicted molar refractivity (Wildman–Crippen MR) is 123 cm³/mol. The number of methoxy groups -OCH3 is 1. The van der Waals surface area contributed by atoms with Gasteiger partial charge < -0.3 is 14.8 Å². The van der Waals surface area contributed by atoms with Crippen LogP contribution >= 0.6 is 0 Å². The minimum absolute atomic E-state index is 0.333. The van der Waals surface area contributed by atoms with Gasteiger partial charge in [-0.2, -0.15) is 0 Å². The molecule has 1 unspecified atom stereocenters. The van der Waals surface area contributed by atoms with E-state index >= 15 is 0 Å². The van der Waals surface area contributed by atoms with Crippen molar-refractivity contribution in [3.05, 3.63) is 89.7 Å². The second kappa shape index (κ2) is 10.9. The third kappa shape index (κ3) is 5.84. The second-order valence-corrected chi connectivity index (χ2v) is 7.88. The molecule has 0 spiro atoms. The van der Waals surface area contributed by atoms with Gasteiger partial charge >= 0.3 is 0 Å². The zero-order valence-electron chi connectivity index (χ0n) is 18.2. The van der Waals surface area contributed by atoms with Gasteiger partial charge in [0.1, 0.15) is 18.1 Å². The van der Waals surface area contributed by atoms with Crippen molar-refractivity contribution in [1.82, 2.24) is 15.2 Å². The van der Waals surface area contributed by atoms with Crippen LogP contribution in [0.3, 0.4) is 0 Å². The number of benzene rings is 2. The molecule has 2 aromatic carbocycles. The van der Waals surface area contributed by atoms with Gasteiger partial charge in [0.05, 0.1) is 12.8 Å². The van der Waals surface area contributed by atoms with Crippen LogP contribution in [0.4, 0.5) is 0 Å². The van der Waals surface area contributed by atoms with Crippen LogP contribution in [0.1, 0.15) is 35.7 Å². The number of hydrogen-bond donors (Lipinski definition) is 1. The van der Waals surface area contributed by atoms with Crippen LogP contribution in [-0.4, -0.2) is 36.6 Å². The highest BCUT2D eigenvalue weighted by Crippen LogP contribution is 2.27. The Labute approximate surface area is 185 Å². The summed E-state index contributed by atoms with van der Waals surface area (Å²) in [6.45, 7) is 4.40. The Bertz CT molecular complexity index is 942. The van der Waals surface area contributed by atoms with Gasteiger partial charge in [-0.05, 0) is 61.8 Å². The molecule has 3 aromatic rings. The highest BCUT2D eigenvalue weighted by molar-refractivity contribution is 5.34. The third-order valence-electron chi connectivity index (χ3n) is 5.79. The van der Waals surface area contributed by atoms with Crippen molar-refractivity contribution in [1.29, 1.82) is 0 Å². The molecular formula is C26H31N3O2. The molecule has 162 valence electrons. The summed E-state index contributed by atoms with van der Waals surface area (Å²) >= 11 is 0. The molecule has 0 radical (unpaired) electrons. The fourth-order valence-electron chi connectivity index (χ4n) is 4.13. The predicted octanol–water partition coefficient (Wildman–Crippen LogP) is 4.60. The summed E-state index contributed by atoms with van der Waals surface area (Å²) in [5.41, 5.74) is 3.38. The molecule has 1 aliphatic heterocycles. The second-order valence-electron chi connectivity index (χ2n) is 7.88. The summed E-state index contributed by atoms with van der Waals surface area (Å²) in [6, 6.07) is 22.9. The molecule has 1 atom stereocenters. The highest BCUT2D eigenvalue weighted by Gasteiger charge is 2.23. The Kier molecular flexibility index (Phi) is 7.53. The first-order valence-corrected chi connectivity index (χ1v) is 11.0. The van der Waals surface area contributed by atoms with Crippen LogP contribution in [0.25, 0.3) is 0 Å². The molecule has 0 bridgehead atoms. The van der Waals surface area contributed by atoms with Gasteiger partial charge in [-0.25, -0.2) is 0 Å². The molecule has 5 nitrogen and oxygen atoms in total. The first-order chi connectivity index (χ1) is 15.3. The van der Waals surface area contributed by atoms with E-state index in [2.05, 4.69) is 45.5 Å². The number of hydrogen-bond acceptors (Lipinski definition) is 5. The van der Waals surface area contributed by atoms with Gasteiger partial charge in [0.25, 0.3) is 0 Å². The number of ether oxygens (including phenoxy) is 2. The minimum atomic E-state index is 0.333. The Morgan fingerprint density at radius 2 is 1.84 bits per heavy atom. The fourth-order valence-corrected chi connectivity index (χ4v) is 4.13. The maximum Gasteiger partial charge on any atom is 0.130 e. The van der Waals surface area contributed by atoms with Gasteiger partial charge in [-0.15, -0.1) is 0 Å². The van der Waals surface area contributed by atoms with E-state index in [4.69, 9.17) is 9.47 Å². The van der Waals surface area contributed by atoms with Crippen molar-refractivity contribution >= 4 is 0 Å². The zero-order valence-corrected chi connectivity index (χ0v) is 18.2. The van der Waals surface area contributed by atoms with E-state index in [9.17, 15) is 0 Å². The molecule has 1 N–H and O–H groups in total. The lowest BCUT2D eigenvalue weighted by molar-refractivity contribution is 0.237. The van der Waals surface area contributed by atoms with Crippen molar-refractivity contribution in [2.24, 2.45) is 0 Å². The van der Waals surface area contributed by atoms with Crippen LogP contribution in [-0.2, 0) is 13.2 Å². The number of nitrogens with one attached hydrogen (secondary N) is 1. The topological polar surface area (TPSA) is 46.6 Å². The van der Waals surface area contributed by atoms with Crippen LogP contribution in [0, 0.1) is 0 Å². The van der Waals surface area contributed by atoms with Crippen molar-refractivity contribution in [2.75, 3.05) is 26.7 Å². The molecule has 2 heterocycles. The molecule has 0 aliphatic carbocycles. The number of likely N-dealkylation sites (tertiary alicyclic amines) is 1. The van der Waals surface area contributed by atoms with Crippen molar-refractivity contribution in [3.8, 4) is 11.5 Å². The lowest BCUT2D eigenvalue weighted by Crippen LogP contribution is -2.34. The fraction of sp³-hybridized carbons (Fsp3) is 0.346. The largest absolute Gasteiger partial charge is 0.497 e. The maximum atomic E-state index is 6.07. The Morgan fingerprint density at radius 1 is 1.00 bits per heavy atom. The minimum Gasteiger partial charge on any atom is -0.497 e. The lowest BCUT2D eigenvalue weighted by Gasteiger charge is -2.28. The zero-order chi connectivity index (χ0) is 21.3. The molecule has 1 aromatic heterocycles. The van der Waals surface area contributed by atoms with E-state index in [1.807, 2.05) is 36.4 Å². The standard InChI is InChI=1S/C26H31N3O2/c1-30-24-12-8-10-21(17-24)25(29-15-6-7-16-29)19-27-18-22-9-2-3-13-26(22)31-20-23-11-4-5-14-28-23/h2-5,8-14,17,25,27H,6-7,15-16,18-20H2,1H3. The number of para-hydroxylation sites is 1. The molecule has 1 aliphatic rings. The van der Waals surface area contributed by atoms with E-state index in [0.29, 0.717) is 12.6 Å². The van der Waals surface area contributed by atoms with Gasteiger partial charge in [0.2, 0.25) is 0 Å². The van der Waals surface area contributed by atoms with E-state index < -0.39 is 0 Å². The van der Waals surface area contributed by atoms with E-state index in [-0.39, 0.29) is 0 Å². The molecular weight excluding hydrogens is 386 g/mol. The summed E-state index contributed by atoms with van der Waals surface area (Å²) < 4.78 is 11.5. The normalized spacial score (nSPS) is 15.0. The molecule has 31 heavy (non-hydrogen) atoms. The van der Waals surface area contributed by atoms with Crippen LogP contribution in [0.15, 0.2) is 72.9 Å². The summed E-state index contributed by atoms with van der Waals surface area (Å²) in [5.74, 6) is 1.81. The van der Waals surface area contributed by atoms with Gasteiger partial charge in [0.15, 0.2) is 0 Å². The maximum absolute atomic E-state index is 6.07. The van der Waals surface area contributed by atoms with Crippen LogP contribution in [0.2, 0.25) is 0 Å².